The van der Waals surface area contributed by atoms with E-state index >= 15 is 0 Å². The fourth-order valence-electron chi connectivity index (χ4n) is 2.81. The molecular formula is C22H25N3Si. The van der Waals surface area contributed by atoms with Crippen LogP contribution in [-0.4, -0.2) is 14.2 Å². The molecule has 3 nitrogen and oxygen atoms in total. The van der Waals surface area contributed by atoms with Crippen LogP contribution in [0.1, 0.15) is 0 Å². The number of hydrogen-bond acceptors (Lipinski definition) is 1. The molecule has 0 spiro atoms. The lowest BCUT2D eigenvalue weighted by molar-refractivity contribution is 1.33. The van der Waals surface area contributed by atoms with Crippen LogP contribution in [0.25, 0.3) is 0 Å². The highest BCUT2D eigenvalue weighted by Crippen LogP contribution is 2.24. The summed E-state index contributed by atoms with van der Waals surface area (Å²) < 4.78 is 2.37. The van der Waals surface area contributed by atoms with Gasteiger partial charge in [-0.15, -0.1) is 0 Å². The number of aliphatic imine (C=N–C) groups is 1. The van der Waals surface area contributed by atoms with Crippen LogP contribution in [0.3, 0.4) is 0 Å². The van der Waals surface area contributed by atoms with Crippen LogP contribution < -0.4 is 9.88 Å². The molecule has 0 aromatic heterocycles. The summed E-state index contributed by atoms with van der Waals surface area (Å²) in [6.45, 7) is 6.98. The standard InChI is InChI=1S/C22H25N3Si/c1-26(2,3)25(21-17-11-6-12-18-21)22(23-19-13-7-4-8-14-19)24-20-15-9-5-10-16-20/h4-18H,1-3H3,(H,23,24). The van der Waals surface area contributed by atoms with Crippen LogP contribution in [0.5, 0.6) is 0 Å². The van der Waals surface area contributed by atoms with E-state index in [1.165, 1.54) is 0 Å². The van der Waals surface area contributed by atoms with Crippen molar-refractivity contribution in [3.05, 3.63) is 91.0 Å². The molecule has 132 valence electrons. The van der Waals surface area contributed by atoms with E-state index < -0.39 is 8.24 Å². The zero-order valence-corrected chi connectivity index (χ0v) is 16.6. The number of rotatable bonds is 4. The number of para-hydroxylation sites is 3. The fraction of sp³-hybridized carbons (Fsp3) is 0.136. The van der Waals surface area contributed by atoms with Gasteiger partial charge in [0.1, 0.15) is 0 Å². The second kappa shape index (κ2) is 8.02. The van der Waals surface area contributed by atoms with Crippen molar-refractivity contribution in [2.24, 2.45) is 4.99 Å². The third-order valence-corrected chi connectivity index (χ3v) is 5.73. The van der Waals surface area contributed by atoms with Gasteiger partial charge in [-0.2, -0.15) is 0 Å². The Morgan fingerprint density at radius 1 is 0.731 bits per heavy atom. The molecule has 0 saturated carbocycles. The van der Waals surface area contributed by atoms with E-state index in [-0.39, 0.29) is 0 Å². The molecular weight excluding hydrogens is 334 g/mol. The Kier molecular flexibility index (Phi) is 5.54. The lowest BCUT2D eigenvalue weighted by Crippen LogP contribution is -2.52. The van der Waals surface area contributed by atoms with Crippen LogP contribution in [0, 0.1) is 0 Å². The minimum absolute atomic E-state index is 0.854. The third-order valence-electron chi connectivity index (χ3n) is 3.92. The molecule has 3 aromatic rings. The number of guanidine groups is 1. The monoisotopic (exact) mass is 359 g/mol. The van der Waals surface area contributed by atoms with Crippen LogP contribution in [0.15, 0.2) is 96.0 Å². The van der Waals surface area contributed by atoms with Gasteiger partial charge in [-0.05, 0) is 36.4 Å². The summed E-state index contributed by atoms with van der Waals surface area (Å²) in [5, 5.41) is 3.54. The Hall–Kier alpha value is -2.85. The highest BCUT2D eigenvalue weighted by atomic mass is 28.3. The number of hydrogen-bond donors (Lipinski definition) is 1. The first-order valence-corrected chi connectivity index (χ1v) is 12.3. The van der Waals surface area contributed by atoms with Crippen molar-refractivity contribution in [3.63, 3.8) is 0 Å². The summed E-state index contributed by atoms with van der Waals surface area (Å²) in [5.41, 5.74) is 3.12. The van der Waals surface area contributed by atoms with E-state index in [1.807, 2.05) is 54.6 Å². The molecule has 3 rings (SSSR count). The molecule has 3 aromatic carbocycles. The molecule has 0 bridgehead atoms. The maximum absolute atomic E-state index is 4.96. The van der Waals surface area contributed by atoms with E-state index in [9.17, 15) is 0 Å². The highest BCUT2D eigenvalue weighted by molar-refractivity contribution is 6.83. The minimum Gasteiger partial charge on any atom is -0.341 e. The maximum Gasteiger partial charge on any atom is 0.199 e. The molecule has 0 heterocycles. The summed E-state index contributed by atoms with van der Waals surface area (Å²) in [6, 6.07) is 30.8. The van der Waals surface area contributed by atoms with Gasteiger partial charge in [-0.1, -0.05) is 74.2 Å². The van der Waals surface area contributed by atoms with E-state index in [1.54, 1.807) is 0 Å². The zero-order chi connectivity index (χ0) is 18.4. The SMILES string of the molecule is C[Si](C)(C)N(C(=Nc1ccccc1)Nc1ccccc1)c1ccccc1. The quantitative estimate of drug-likeness (QED) is 0.345. The van der Waals surface area contributed by atoms with Crippen LogP contribution in [0.2, 0.25) is 19.6 Å². The van der Waals surface area contributed by atoms with Crippen molar-refractivity contribution in [3.8, 4) is 0 Å². The number of anilines is 2. The van der Waals surface area contributed by atoms with Crippen molar-refractivity contribution >= 4 is 31.3 Å². The van der Waals surface area contributed by atoms with E-state index in [0.717, 1.165) is 23.0 Å². The first-order chi connectivity index (χ1) is 12.5. The van der Waals surface area contributed by atoms with Gasteiger partial charge in [0, 0.05) is 11.4 Å². The summed E-state index contributed by atoms with van der Waals surface area (Å²) in [6.07, 6.45) is 0. The van der Waals surface area contributed by atoms with E-state index in [4.69, 9.17) is 4.99 Å². The number of benzene rings is 3. The Morgan fingerprint density at radius 3 is 1.77 bits per heavy atom. The Bertz CT molecular complexity index is 841. The normalized spacial score (nSPS) is 11.9. The van der Waals surface area contributed by atoms with Crippen molar-refractivity contribution in [1.29, 1.82) is 0 Å². The van der Waals surface area contributed by atoms with E-state index in [0.29, 0.717) is 0 Å². The fourth-order valence-corrected chi connectivity index (χ4v) is 4.48. The molecule has 0 unspecified atom stereocenters. The van der Waals surface area contributed by atoms with E-state index in [2.05, 4.69) is 65.9 Å². The predicted octanol–water partition coefficient (Wildman–Crippen LogP) is 6.13. The first kappa shape index (κ1) is 18.0. The van der Waals surface area contributed by atoms with Gasteiger partial charge in [0.2, 0.25) is 0 Å². The third kappa shape index (κ3) is 4.61. The number of nitrogens with one attached hydrogen (secondary N) is 1. The zero-order valence-electron chi connectivity index (χ0n) is 15.6. The minimum atomic E-state index is -1.76. The van der Waals surface area contributed by atoms with Crippen molar-refractivity contribution in [2.75, 3.05) is 9.88 Å². The largest absolute Gasteiger partial charge is 0.341 e. The van der Waals surface area contributed by atoms with Crippen LogP contribution in [-0.2, 0) is 0 Å². The average Bonchev–Trinajstić information content (AvgIpc) is 2.63. The van der Waals surface area contributed by atoms with Gasteiger partial charge in [-0.25, -0.2) is 4.99 Å². The molecule has 0 saturated heterocycles. The Morgan fingerprint density at radius 2 is 1.23 bits per heavy atom. The van der Waals surface area contributed by atoms with Crippen molar-refractivity contribution < 1.29 is 0 Å². The number of nitrogens with zero attached hydrogens (tertiary/aromatic N) is 2. The molecule has 4 heteroatoms. The van der Waals surface area contributed by atoms with Gasteiger partial charge in [-0.3, -0.25) is 0 Å². The lowest BCUT2D eigenvalue weighted by atomic mass is 10.3. The predicted molar refractivity (Wildman–Crippen MR) is 116 cm³/mol. The molecule has 0 amide bonds. The molecule has 26 heavy (non-hydrogen) atoms. The van der Waals surface area contributed by atoms with Crippen molar-refractivity contribution in [1.82, 2.24) is 0 Å². The second-order valence-corrected chi connectivity index (χ2v) is 11.9. The highest BCUT2D eigenvalue weighted by Gasteiger charge is 2.29. The Labute approximate surface area is 157 Å². The van der Waals surface area contributed by atoms with Crippen LogP contribution >= 0.6 is 0 Å². The molecule has 0 aliphatic heterocycles. The molecule has 1 N–H and O–H groups in total. The van der Waals surface area contributed by atoms with Crippen molar-refractivity contribution in [2.45, 2.75) is 19.6 Å². The first-order valence-electron chi connectivity index (χ1n) is 8.85. The summed E-state index contributed by atoms with van der Waals surface area (Å²) in [5.74, 6) is 0.854. The molecule has 0 atom stereocenters. The maximum atomic E-state index is 4.96. The van der Waals surface area contributed by atoms with Gasteiger partial charge in [0.05, 0.1) is 5.69 Å². The smallest absolute Gasteiger partial charge is 0.199 e. The van der Waals surface area contributed by atoms with Gasteiger partial charge in [0.15, 0.2) is 14.2 Å². The molecule has 0 aliphatic carbocycles. The van der Waals surface area contributed by atoms with Gasteiger partial charge < -0.3 is 9.88 Å². The van der Waals surface area contributed by atoms with Gasteiger partial charge in [0.25, 0.3) is 0 Å². The lowest BCUT2D eigenvalue weighted by Gasteiger charge is -2.37. The molecule has 0 aliphatic rings. The summed E-state index contributed by atoms with van der Waals surface area (Å²) in [7, 11) is -1.76. The molecule has 0 fully saturated rings. The summed E-state index contributed by atoms with van der Waals surface area (Å²) >= 11 is 0. The van der Waals surface area contributed by atoms with Crippen LogP contribution in [0.4, 0.5) is 17.1 Å². The summed E-state index contributed by atoms with van der Waals surface area (Å²) in [4.78, 5) is 4.96. The average molecular weight is 360 g/mol. The van der Waals surface area contributed by atoms with Gasteiger partial charge >= 0.3 is 0 Å². The topological polar surface area (TPSA) is 27.6 Å². The molecule has 0 radical (unpaired) electrons. The Balaban J connectivity index is 2.09. The second-order valence-electron chi connectivity index (χ2n) is 7.10.